The van der Waals surface area contributed by atoms with Gasteiger partial charge in [0.15, 0.2) is 0 Å². The highest BCUT2D eigenvalue weighted by Gasteiger charge is 2.31. The van der Waals surface area contributed by atoms with Crippen LogP contribution in [0.3, 0.4) is 0 Å². The maximum Gasteiger partial charge on any atom is 0.243 e. The first-order valence-corrected chi connectivity index (χ1v) is 13.7. The third kappa shape index (κ3) is 8.04. The van der Waals surface area contributed by atoms with Crippen molar-refractivity contribution in [3.05, 3.63) is 107 Å². The number of rotatable bonds is 10. The Balaban J connectivity index is 1.60. The maximum absolute atomic E-state index is 13.8. The Bertz CT molecular complexity index is 1150. The number of aryl methyl sites for hydroxylation is 3. The molecule has 1 aliphatic rings. The van der Waals surface area contributed by atoms with Crippen LogP contribution in [0.15, 0.2) is 78.9 Å². The normalized spacial score (nSPS) is 14.6. The van der Waals surface area contributed by atoms with Gasteiger partial charge in [0.25, 0.3) is 0 Å². The third-order valence-electron chi connectivity index (χ3n) is 7.41. The van der Waals surface area contributed by atoms with E-state index in [1.165, 1.54) is 12.0 Å². The van der Waals surface area contributed by atoms with Gasteiger partial charge in [-0.1, -0.05) is 109 Å². The second kappa shape index (κ2) is 13.2. The summed E-state index contributed by atoms with van der Waals surface area (Å²) in [5.41, 5.74) is 5.61. The van der Waals surface area contributed by atoms with Gasteiger partial charge in [-0.3, -0.25) is 9.59 Å². The minimum absolute atomic E-state index is 0.0156. The van der Waals surface area contributed by atoms with E-state index in [0.29, 0.717) is 25.8 Å². The molecule has 1 atom stereocenters. The predicted octanol–water partition coefficient (Wildman–Crippen LogP) is 6.33. The molecular formula is C33H40N2O2. The highest BCUT2D eigenvalue weighted by atomic mass is 16.2. The van der Waals surface area contributed by atoms with E-state index in [-0.39, 0.29) is 17.9 Å². The molecule has 0 unspecified atom stereocenters. The Kier molecular flexibility index (Phi) is 9.53. The molecule has 0 radical (unpaired) electrons. The molecule has 3 aromatic rings. The van der Waals surface area contributed by atoms with Gasteiger partial charge >= 0.3 is 0 Å². The van der Waals surface area contributed by atoms with Gasteiger partial charge in [0, 0.05) is 25.4 Å². The van der Waals surface area contributed by atoms with Gasteiger partial charge in [0.2, 0.25) is 11.8 Å². The summed E-state index contributed by atoms with van der Waals surface area (Å²) in [5, 5.41) is 3.32. The van der Waals surface area contributed by atoms with E-state index in [1.54, 1.807) is 0 Å². The first kappa shape index (κ1) is 26.7. The number of nitrogens with one attached hydrogen (secondary N) is 1. The van der Waals surface area contributed by atoms with E-state index in [9.17, 15) is 9.59 Å². The lowest BCUT2D eigenvalue weighted by molar-refractivity contribution is -0.141. The fourth-order valence-corrected chi connectivity index (χ4v) is 5.26. The summed E-state index contributed by atoms with van der Waals surface area (Å²) in [4.78, 5) is 29.5. The molecule has 194 valence electrons. The molecule has 0 spiro atoms. The Labute approximate surface area is 222 Å². The second-order valence-corrected chi connectivity index (χ2v) is 10.5. The van der Waals surface area contributed by atoms with E-state index in [1.807, 2.05) is 47.4 Å². The number of hydrogen-bond donors (Lipinski definition) is 1. The molecule has 0 aromatic heterocycles. The largest absolute Gasteiger partial charge is 0.352 e. The van der Waals surface area contributed by atoms with E-state index >= 15 is 0 Å². The van der Waals surface area contributed by atoms with Crippen LogP contribution in [0.2, 0.25) is 0 Å². The summed E-state index contributed by atoms with van der Waals surface area (Å²) in [7, 11) is 0. The molecule has 4 rings (SSSR count). The zero-order valence-corrected chi connectivity index (χ0v) is 22.3. The molecule has 1 fully saturated rings. The van der Waals surface area contributed by atoms with Gasteiger partial charge in [-0.05, 0) is 49.8 Å². The molecule has 0 aliphatic heterocycles. The molecule has 4 nitrogen and oxygen atoms in total. The monoisotopic (exact) mass is 496 g/mol. The highest BCUT2D eigenvalue weighted by Crippen LogP contribution is 2.21. The van der Waals surface area contributed by atoms with Gasteiger partial charge in [-0.25, -0.2) is 0 Å². The van der Waals surface area contributed by atoms with Crippen molar-refractivity contribution >= 4 is 11.8 Å². The molecule has 37 heavy (non-hydrogen) atoms. The molecule has 4 heteroatoms. The van der Waals surface area contributed by atoms with Crippen molar-refractivity contribution in [2.24, 2.45) is 0 Å². The maximum atomic E-state index is 13.8. The van der Waals surface area contributed by atoms with E-state index in [2.05, 4.69) is 55.6 Å². The fraction of sp³-hybridized carbons (Fsp3) is 0.394. The van der Waals surface area contributed by atoms with Crippen molar-refractivity contribution in [1.82, 2.24) is 10.2 Å². The number of nitrogens with zero attached hydrogens (tertiary/aromatic N) is 1. The van der Waals surface area contributed by atoms with Crippen LogP contribution in [0, 0.1) is 13.8 Å². The Morgan fingerprint density at radius 2 is 1.51 bits per heavy atom. The van der Waals surface area contributed by atoms with Crippen molar-refractivity contribution < 1.29 is 9.59 Å². The Hall–Kier alpha value is -3.40. The summed E-state index contributed by atoms with van der Waals surface area (Å²) in [6.45, 7) is 4.55. The van der Waals surface area contributed by atoms with Crippen molar-refractivity contribution in [3.8, 4) is 0 Å². The predicted molar refractivity (Wildman–Crippen MR) is 150 cm³/mol. The van der Waals surface area contributed by atoms with Crippen LogP contribution < -0.4 is 5.32 Å². The topological polar surface area (TPSA) is 49.4 Å². The molecule has 1 aliphatic carbocycles. The van der Waals surface area contributed by atoms with Crippen molar-refractivity contribution in [1.29, 1.82) is 0 Å². The average Bonchev–Trinajstić information content (AvgIpc) is 2.91. The number of carbonyl (C=O) groups excluding carboxylic acids is 2. The van der Waals surface area contributed by atoms with Crippen LogP contribution in [0.4, 0.5) is 0 Å². The summed E-state index contributed by atoms with van der Waals surface area (Å²) in [5.74, 6) is -0.0195. The molecule has 0 bridgehead atoms. The van der Waals surface area contributed by atoms with E-state index < -0.39 is 6.04 Å². The summed E-state index contributed by atoms with van der Waals surface area (Å²) in [6, 6.07) is 26.3. The third-order valence-corrected chi connectivity index (χ3v) is 7.41. The van der Waals surface area contributed by atoms with Crippen molar-refractivity contribution in [2.45, 2.75) is 83.8 Å². The number of carbonyl (C=O) groups is 2. The zero-order valence-electron chi connectivity index (χ0n) is 22.3. The molecule has 0 heterocycles. The SMILES string of the molecule is Cc1ccc(CCC(=O)N(Cc2cccc(C)c2)[C@H](Cc2ccccc2)C(=O)NC2CCCCC2)cc1. The first-order chi connectivity index (χ1) is 18.0. The number of benzene rings is 3. The van der Waals surface area contributed by atoms with Gasteiger partial charge in [0.1, 0.15) is 6.04 Å². The van der Waals surface area contributed by atoms with Crippen LogP contribution in [0.1, 0.15) is 66.3 Å². The van der Waals surface area contributed by atoms with Gasteiger partial charge in [0.05, 0.1) is 0 Å². The molecule has 3 aromatic carbocycles. The average molecular weight is 497 g/mol. The van der Waals surface area contributed by atoms with Crippen molar-refractivity contribution in [2.75, 3.05) is 0 Å². The lowest BCUT2D eigenvalue weighted by Crippen LogP contribution is -2.52. The van der Waals surface area contributed by atoms with Gasteiger partial charge in [-0.15, -0.1) is 0 Å². The summed E-state index contributed by atoms with van der Waals surface area (Å²) >= 11 is 0. The van der Waals surface area contributed by atoms with Crippen molar-refractivity contribution in [3.63, 3.8) is 0 Å². The summed E-state index contributed by atoms with van der Waals surface area (Å²) in [6.07, 6.45) is 7.10. The summed E-state index contributed by atoms with van der Waals surface area (Å²) < 4.78 is 0. The quantitative estimate of drug-likeness (QED) is 0.357. The molecular weight excluding hydrogens is 456 g/mol. The number of amides is 2. The number of hydrogen-bond acceptors (Lipinski definition) is 2. The fourth-order valence-electron chi connectivity index (χ4n) is 5.26. The Morgan fingerprint density at radius 3 is 2.22 bits per heavy atom. The zero-order chi connectivity index (χ0) is 26.0. The minimum atomic E-state index is -0.560. The van der Waals surface area contributed by atoms with Crippen LogP contribution >= 0.6 is 0 Å². The highest BCUT2D eigenvalue weighted by molar-refractivity contribution is 5.88. The van der Waals surface area contributed by atoms with E-state index in [4.69, 9.17) is 0 Å². The smallest absolute Gasteiger partial charge is 0.243 e. The van der Waals surface area contributed by atoms with Crippen LogP contribution in [0.25, 0.3) is 0 Å². The lowest BCUT2D eigenvalue weighted by atomic mass is 9.94. The lowest BCUT2D eigenvalue weighted by Gasteiger charge is -2.33. The van der Waals surface area contributed by atoms with Crippen LogP contribution in [0.5, 0.6) is 0 Å². The minimum Gasteiger partial charge on any atom is -0.352 e. The van der Waals surface area contributed by atoms with E-state index in [0.717, 1.165) is 47.9 Å². The van der Waals surface area contributed by atoms with Crippen LogP contribution in [-0.4, -0.2) is 28.8 Å². The first-order valence-electron chi connectivity index (χ1n) is 13.7. The van der Waals surface area contributed by atoms with Gasteiger partial charge in [-0.2, -0.15) is 0 Å². The Morgan fingerprint density at radius 1 is 0.811 bits per heavy atom. The standard InChI is InChI=1S/C33H40N2O2/c1-25-16-18-27(19-17-25)20-21-32(36)35(24-29-13-9-10-26(2)22-29)31(23-28-11-5-3-6-12-28)33(37)34-30-14-7-4-8-15-30/h3,5-6,9-13,16-19,22,30-31H,4,7-8,14-15,20-21,23-24H2,1-2H3,(H,34,37)/t31-/m1/s1. The van der Waals surface area contributed by atoms with Gasteiger partial charge < -0.3 is 10.2 Å². The second-order valence-electron chi connectivity index (χ2n) is 10.5. The van der Waals surface area contributed by atoms with Crippen LogP contribution in [-0.2, 0) is 29.0 Å². The molecule has 0 saturated heterocycles. The molecule has 1 saturated carbocycles. The molecule has 1 N–H and O–H groups in total. The molecule has 2 amide bonds.